The molecule has 0 aliphatic heterocycles. The van der Waals surface area contributed by atoms with Crippen LogP contribution in [-0.2, 0) is 0 Å². The van der Waals surface area contributed by atoms with Crippen LogP contribution in [-0.4, -0.2) is 28.3 Å². The Labute approximate surface area is 81.4 Å². The molecule has 0 unspecified atom stereocenters. The summed E-state index contributed by atoms with van der Waals surface area (Å²) in [5.41, 5.74) is 0.625. The van der Waals surface area contributed by atoms with Crippen molar-refractivity contribution in [2.75, 3.05) is 7.05 Å². The fourth-order valence-corrected chi connectivity index (χ4v) is 1.01. The molecule has 0 aromatic heterocycles. The van der Waals surface area contributed by atoms with Crippen molar-refractivity contribution < 1.29 is 15.1 Å². The van der Waals surface area contributed by atoms with Crippen LogP contribution in [0.3, 0.4) is 0 Å². The minimum Gasteiger partial charge on any atom is -0.462 e. The first-order valence-corrected chi connectivity index (χ1v) is 3.88. The lowest BCUT2D eigenvalue weighted by molar-refractivity contribution is -0.0375. The van der Waals surface area contributed by atoms with Crippen molar-refractivity contribution >= 4 is 5.91 Å². The van der Waals surface area contributed by atoms with Gasteiger partial charge in [-0.3, -0.25) is 10.0 Å². The first-order chi connectivity index (χ1) is 6.66. The summed E-state index contributed by atoms with van der Waals surface area (Å²) in [4.78, 5) is 11.4. The predicted molar refractivity (Wildman–Crippen MR) is 49.1 cm³/mol. The van der Waals surface area contributed by atoms with Gasteiger partial charge in [0.15, 0.2) is 0 Å². The average molecular weight is 191 g/mol. The van der Waals surface area contributed by atoms with Crippen LogP contribution < -0.4 is 0 Å². The van der Waals surface area contributed by atoms with E-state index in [9.17, 15) is 4.79 Å². The van der Waals surface area contributed by atoms with Gasteiger partial charge < -0.3 is 5.11 Å². The van der Waals surface area contributed by atoms with Crippen LogP contribution in [0.25, 0.3) is 0 Å². The lowest BCUT2D eigenvalue weighted by atomic mass is 10.1. The number of aliphatic hydroxyl groups is 1. The Kier molecular flexibility index (Phi) is 3.10. The van der Waals surface area contributed by atoms with E-state index >= 15 is 0 Å². The van der Waals surface area contributed by atoms with E-state index in [-0.39, 0.29) is 5.56 Å². The maximum absolute atomic E-state index is 11.4. The molecule has 0 aliphatic carbocycles. The molecule has 0 saturated heterocycles. The Morgan fingerprint density at radius 3 is 2.64 bits per heavy atom. The second kappa shape index (κ2) is 4.30. The summed E-state index contributed by atoms with van der Waals surface area (Å²) < 4.78 is 0. The minimum absolute atomic E-state index is 0.249. The summed E-state index contributed by atoms with van der Waals surface area (Å²) in [6, 6.07) is 6.45. The summed E-state index contributed by atoms with van der Waals surface area (Å²) in [6.45, 7) is 0. The lowest BCUT2D eigenvalue weighted by Crippen LogP contribution is -2.23. The largest absolute Gasteiger partial charge is 0.462 e. The zero-order valence-corrected chi connectivity index (χ0v) is 7.56. The summed E-state index contributed by atoms with van der Waals surface area (Å²) in [6.07, 6.45) is 1.72. The molecular formula is C10H9NO3. The number of amides is 1. The standard InChI is InChI=1S/C10H9NO3/c1-11(14)10(13)9-5-3-2-4-8(9)6-7-12/h2-5,12,14H,1H3. The normalized spacial score (nSPS) is 8.71. The van der Waals surface area contributed by atoms with Gasteiger partial charge in [-0.25, -0.2) is 5.06 Å². The van der Waals surface area contributed by atoms with E-state index in [4.69, 9.17) is 10.3 Å². The van der Waals surface area contributed by atoms with E-state index in [0.717, 1.165) is 0 Å². The van der Waals surface area contributed by atoms with Gasteiger partial charge in [0.2, 0.25) is 0 Å². The van der Waals surface area contributed by atoms with Crippen molar-refractivity contribution in [3.05, 3.63) is 35.4 Å². The van der Waals surface area contributed by atoms with Gasteiger partial charge in [0.1, 0.15) is 6.11 Å². The lowest BCUT2D eigenvalue weighted by Gasteiger charge is -2.09. The third kappa shape index (κ3) is 2.03. The molecule has 4 heteroatoms. The molecular weight excluding hydrogens is 182 g/mol. The third-order valence-corrected chi connectivity index (χ3v) is 1.64. The molecule has 0 heterocycles. The van der Waals surface area contributed by atoms with E-state index in [2.05, 4.69) is 5.92 Å². The van der Waals surface area contributed by atoms with Gasteiger partial charge in [-0.15, -0.1) is 0 Å². The van der Waals surface area contributed by atoms with Crippen molar-refractivity contribution in [3.8, 4) is 12.0 Å². The molecule has 1 aromatic carbocycles. The highest BCUT2D eigenvalue weighted by Gasteiger charge is 2.12. The Hall–Kier alpha value is -1.99. The molecule has 0 spiro atoms. The average Bonchev–Trinajstić information content (AvgIpc) is 2.18. The smallest absolute Gasteiger partial charge is 0.278 e. The van der Waals surface area contributed by atoms with E-state index in [1.54, 1.807) is 24.3 Å². The van der Waals surface area contributed by atoms with Crippen LogP contribution >= 0.6 is 0 Å². The number of rotatable bonds is 1. The van der Waals surface area contributed by atoms with Crippen molar-refractivity contribution in [1.29, 1.82) is 0 Å². The highest BCUT2D eigenvalue weighted by molar-refractivity contribution is 5.95. The summed E-state index contributed by atoms with van der Waals surface area (Å²) in [5, 5.41) is 17.8. The SMILES string of the molecule is CN(O)C(=O)c1ccccc1C#CO. The number of hydrogen-bond donors (Lipinski definition) is 2. The second-order valence-electron chi connectivity index (χ2n) is 2.61. The van der Waals surface area contributed by atoms with Gasteiger partial charge in [-0.05, 0) is 18.1 Å². The van der Waals surface area contributed by atoms with Crippen LogP contribution in [0.15, 0.2) is 24.3 Å². The second-order valence-corrected chi connectivity index (χ2v) is 2.61. The fraction of sp³-hybridized carbons (Fsp3) is 0.100. The van der Waals surface area contributed by atoms with E-state index in [1.165, 1.54) is 13.1 Å². The Bertz CT molecular complexity index is 401. The quantitative estimate of drug-likeness (QED) is 0.392. The van der Waals surface area contributed by atoms with Gasteiger partial charge in [-0.2, -0.15) is 0 Å². The maximum Gasteiger partial charge on any atom is 0.278 e. The first kappa shape index (κ1) is 10.1. The molecule has 1 amide bonds. The monoisotopic (exact) mass is 191 g/mol. The minimum atomic E-state index is -0.566. The van der Waals surface area contributed by atoms with Crippen LogP contribution in [0.1, 0.15) is 15.9 Å². The van der Waals surface area contributed by atoms with Crippen LogP contribution in [0, 0.1) is 12.0 Å². The molecule has 0 radical (unpaired) electrons. The molecule has 0 saturated carbocycles. The number of hydroxylamine groups is 2. The van der Waals surface area contributed by atoms with Gasteiger partial charge >= 0.3 is 0 Å². The highest BCUT2D eigenvalue weighted by atomic mass is 16.5. The van der Waals surface area contributed by atoms with Crippen LogP contribution in [0.4, 0.5) is 0 Å². The fourth-order valence-electron chi connectivity index (χ4n) is 1.01. The van der Waals surface area contributed by atoms with Crippen molar-refractivity contribution in [2.24, 2.45) is 0 Å². The van der Waals surface area contributed by atoms with Crippen molar-refractivity contribution in [3.63, 3.8) is 0 Å². The topological polar surface area (TPSA) is 60.8 Å². The van der Waals surface area contributed by atoms with Crippen LogP contribution in [0.5, 0.6) is 0 Å². The number of aliphatic hydroxyl groups excluding tert-OH is 1. The summed E-state index contributed by atoms with van der Waals surface area (Å²) in [7, 11) is 1.23. The van der Waals surface area contributed by atoms with Gasteiger partial charge in [-0.1, -0.05) is 12.1 Å². The number of hydrogen-bond acceptors (Lipinski definition) is 3. The Morgan fingerprint density at radius 1 is 1.43 bits per heavy atom. The molecule has 0 bridgehead atoms. The van der Waals surface area contributed by atoms with Gasteiger partial charge in [0, 0.05) is 12.6 Å². The van der Waals surface area contributed by atoms with E-state index < -0.39 is 5.91 Å². The first-order valence-electron chi connectivity index (χ1n) is 3.88. The zero-order valence-electron chi connectivity index (χ0n) is 7.56. The molecule has 14 heavy (non-hydrogen) atoms. The molecule has 1 aromatic rings. The van der Waals surface area contributed by atoms with E-state index in [0.29, 0.717) is 10.6 Å². The Morgan fingerprint density at radius 2 is 2.07 bits per heavy atom. The zero-order chi connectivity index (χ0) is 10.6. The summed E-state index contributed by atoms with van der Waals surface area (Å²) >= 11 is 0. The van der Waals surface area contributed by atoms with E-state index in [1.807, 2.05) is 0 Å². The number of carbonyl (C=O) groups excluding carboxylic acids is 1. The maximum atomic E-state index is 11.4. The molecule has 1 rings (SSSR count). The van der Waals surface area contributed by atoms with Crippen molar-refractivity contribution in [1.82, 2.24) is 5.06 Å². The molecule has 0 fully saturated rings. The number of carbonyl (C=O) groups is 1. The van der Waals surface area contributed by atoms with Gasteiger partial charge in [0.05, 0.1) is 5.56 Å². The molecule has 4 nitrogen and oxygen atoms in total. The molecule has 72 valence electrons. The Balaban J connectivity index is 3.17. The molecule has 0 aliphatic rings. The molecule has 0 atom stereocenters. The highest BCUT2D eigenvalue weighted by Crippen LogP contribution is 2.08. The van der Waals surface area contributed by atoms with Crippen LogP contribution in [0.2, 0.25) is 0 Å². The number of benzene rings is 1. The van der Waals surface area contributed by atoms with Gasteiger partial charge in [0.25, 0.3) is 5.91 Å². The summed E-state index contributed by atoms with van der Waals surface area (Å²) in [5.74, 6) is 1.79. The number of nitrogens with zero attached hydrogens (tertiary/aromatic N) is 1. The molecule has 2 N–H and O–H groups in total. The predicted octanol–water partition coefficient (Wildman–Crippen LogP) is 0.829. The third-order valence-electron chi connectivity index (χ3n) is 1.64. The van der Waals surface area contributed by atoms with Crippen molar-refractivity contribution in [2.45, 2.75) is 0 Å².